The van der Waals surface area contributed by atoms with Gasteiger partial charge in [0, 0.05) is 23.6 Å². The molecule has 0 aliphatic rings. The van der Waals surface area contributed by atoms with Gasteiger partial charge in [-0.25, -0.2) is 0 Å². The second-order valence-electron chi connectivity index (χ2n) is 4.91. The van der Waals surface area contributed by atoms with Gasteiger partial charge in [0.05, 0.1) is 0 Å². The highest BCUT2D eigenvalue weighted by Crippen LogP contribution is 2.18. The SMILES string of the molecule is S=c1[nH]nc(-c2ccccc2)n1CCSCc1ccccc1. The Kier molecular flexibility index (Phi) is 5.08. The van der Waals surface area contributed by atoms with Crippen molar-refractivity contribution in [2.75, 3.05) is 5.75 Å². The molecule has 3 rings (SSSR count). The van der Waals surface area contributed by atoms with Crippen LogP contribution in [0.4, 0.5) is 0 Å². The predicted octanol–water partition coefficient (Wildman–Crippen LogP) is 4.54. The Morgan fingerprint density at radius 3 is 2.41 bits per heavy atom. The number of thioether (sulfide) groups is 1. The number of H-pyrrole nitrogens is 1. The lowest BCUT2D eigenvalue weighted by atomic mass is 10.2. The predicted molar refractivity (Wildman–Crippen MR) is 95.5 cm³/mol. The average Bonchev–Trinajstić information content (AvgIpc) is 2.94. The van der Waals surface area contributed by atoms with Gasteiger partial charge < -0.3 is 0 Å². The summed E-state index contributed by atoms with van der Waals surface area (Å²) >= 11 is 7.26. The molecule has 0 aliphatic carbocycles. The molecule has 5 heteroatoms. The Morgan fingerprint density at radius 1 is 1.00 bits per heavy atom. The molecule has 3 aromatic rings. The first-order chi connectivity index (χ1) is 10.8. The van der Waals surface area contributed by atoms with Crippen LogP contribution in [0, 0.1) is 4.77 Å². The first kappa shape index (κ1) is 15.1. The van der Waals surface area contributed by atoms with Crippen LogP contribution in [0.5, 0.6) is 0 Å². The molecule has 0 amide bonds. The molecular formula is C17H17N3S2. The van der Waals surface area contributed by atoms with E-state index in [9.17, 15) is 0 Å². The van der Waals surface area contributed by atoms with E-state index in [1.807, 2.05) is 36.0 Å². The highest BCUT2D eigenvalue weighted by atomic mass is 32.2. The highest BCUT2D eigenvalue weighted by Gasteiger charge is 2.07. The maximum absolute atomic E-state index is 5.35. The summed E-state index contributed by atoms with van der Waals surface area (Å²) in [7, 11) is 0. The Bertz CT molecular complexity index is 763. The van der Waals surface area contributed by atoms with Crippen LogP contribution < -0.4 is 0 Å². The van der Waals surface area contributed by atoms with Crippen molar-refractivity contribution in [2.24, 2.45) is 0 Å². The van der Waals surface area contributed by atoms with Crippen LogP contribution in [-0.4, -0.2) is 20.5 Å². The van der Waals surface area contributed by atoms with Crippen molar-refractivity contribution in [3.63, 3.8) is 0 Å². The minimum atomic E-state index is 0.680. The zero-order valence-corrected chi connectivity index (χ0v) is 13.7. The maximum atomic E-state index is 5.35. The van der Waals surface area contributed by atoms with Gasteiger partial charge in [-0.3, -0.25) is 9.67 Å². The van der Waals surface area contributed by atoms with Crippen LogP contribution in [0.3, 0.4) is 0 Å². The average molecular weight is 327 g/mol. The summed E-state index contributed by atoms with van der Waals surface area (Å²) in [6.45, 7) is 0.858. The number of nitrogens with zero attached hydrogens (tertiary/aromatic N) is 2. The molecular weight excluding hydrogens is 310 g/mol. The summed E-state index contributed by atoms with van der Waals surface area (Å²) in [5, 5.41) is 7.26. The fourth-order valence-corrected chi connectivity index (χ4v) is 3.36. The Hall–Kier alpha value is -1.85. The van der Waals surface area contributed by atoms with Crippen molar-refractivity contribution in [3.05, 3.63) is 71.0 Å². The molecule has 1 N–H and O–H groups in total. The topological polar surface area (TPSA) is 33.6 Å². The normalized spacial score (nSPS) is 10.7. The van der Waals surface area contributed by atoms with Crippen molar-refractivity contribution in [3.8, 4) is 11.4 Å². The van der Waals surface area contributed by atoms with E-state index in [1.165, 1.54) is 5.56 Å². The lowest BCUT2D eigenvalue weighted by Crippen LogP contribution is -2.03. The third-order valence-electron chi connectivity index (χ3n) is 3.36. The van der Waals surface area contributed by atoms with Gasteiger partial charge in [-0.1, -0.05) is 60.7 Å². The zero-order valence-electron chi connectivity index (χ0n) is 12.1. The molecule has 0 atom stereocenters. The zero-order chi connectivity index (χ0) is 15.2. The molecule has 0 saturated carbocycles. The van der Waals surface area contributed by atoms with Crippen molar-refractivity contribution in [1.82, 2.24) is 14.8 Å². The summed E-state index contributed by atoms with van der Waals surface area (Å²) in [6.07, 6.45) is 0. The number of hydrogen-bond donors (Lipinski definition) is 1. The van der Waals surface area contributed by atoms with Gasteiger partial charge in [0.1, 0.15) is 0 Å². The molecule has 1 aromatic heterocycles. The van der Waals surface area contributed by atoms with Gasteiger partial charge in [0.25, 0.3) is 0 Å². The van der Waals surface area contributed by atoms with E-state index in [-0.39, 0.29) is 0 Å². The van der Waals surface area contributed by atoms with Gasteiger partial charge in [0.15, 0.2) is 10.6 Å². The van der Waals surface area contributed by atoms with Gasteiger partial charge in [0.2, 0.25) is 0 Å². The third kappa shape index (κ3) is 3.67. The summed E-state index contributed by atoms with van der Waals surface area (Å²) in [6, 6.07) is 20.7. The molecule has 0 radical (unpaired) electrons. The largest absolute Gasteiger partial charge is 0.299 e. The van der Waals surface area contributed by atoms with Gasteiger partial charge in [-0.05, 0) is 17.8 Å². The molecule has 1 heterocycles. The highest BCUT2D eigenvalue weighted by molar-refractivity contribution is 7.98. The molecule has 0 aliphatic heterocycles. The fourth-order valence-electron chi connectivity index (χ4n) is 2.25. The molecule has 112 valence electrons. The number of aromatic nitrogens is 3. The molecule has 3 nitrogen and oxygen atoms in total. The summed E-state index contributed by atoms with van der Waals surface area (Å²) in [5.41, 5.74) is 2.44. The first-order valence-electron chi connectivity index (χ1n) is 7.17. The molecule has 0 fully saturated rings. The van der Waals surface area contributed by atoms with E-state index >= 15 is 0 Å². The van der Waals surface area contributed by atoms with Crippen molar-refractivity contribution >= 4 is 24.0 Å². The second-order valence-corrected chi connectivity index (χ2v) is 6.40. The molecule has 0 bridgehead atoms. The van der Waals surface area contributed by atoms with Crippen molar-refractivity contribution in [1.29, 1.82) is 0 Å². The number of hydrogen-bond acceptors (Lipinski definition) is 3. The van der Waals surface area contributed by atoms with E-state index in [4.69, 9.17) is 12.2 Å². The summed E-state index contributed by atoms with van der Waals surface area (Å²) in [4.78, 5) is 0. The van der Waals surface area contributed by atoms with Gasteiger partial charge >= 0.3 is 0 Å². The monoisotopic (exact) mass is 327 g/mol. The lowest BCUT2D eigenvalue weighted by Gasteiger charge is -2.07. The minimum Gasteiger partial charge on any atom is -0.299 e. The van der Waals surface area contributed by atoms with Crippen LogP contribution in [0.25, 0.3) is 11.4 Å². The van der Waals surface area contributed by atoms with Crippen molar-refractivity contribution < 1.29 is 0 Å². The maximum Gasteiger partial charge on any atom is 0.195 e. The molecule has 0 unspecified atom stereocenters. The third-order valence-corrected chi connectivity index (χ3v) is 4.68. The van der Waals surface area contributed by atoms with Crippen molar-refractivity contribution in [2.45, 2.75) is 12.3 Å². The number of rotatable bonds is 6. The number of aromatic amines is 1. The Morgan fingerprint density at radius 2 is 1.68 bits per heavy atom. The number of benzene rings is 2. The Labute approximate surface area is 139 Å². The molecule has 0 saturated heterocycles. The molecule has 2 aromatic carbocycles. The van der Waals surface area contributed by atoms with Crippen LogP contribution in [0.15, 0.2) is 60.7 Å². The minimum absolute atomic E-state index is 0.680. The summed E-state index contributed by atoms with van der Waals surface area (Å²) in [5.74, 6) is 2.93. The van der Waals surface area contributed by atoms with Crippen LogP contribution >= 0.6 is 24.0 Å². The standard InChI is InChI=1S/C17H17N3S2/c21-17-19-18-16(15-9-5-2-6-10-15)20(17)11-12-22-13-14-7-3-1-4-8-14/h1-10H,11-13H2,(H,19,21). The summed E-state index contributed by atoms with van der Waals surface area (Å²) < 4.78 is 2.75. The van der Waals surface area contributed by atoms with Crippen LogP contribution in [-0.2, 0) is 12.3 Å². The van der Waals surface area contributed by atoms with E-state index in [0.29, 0.717) is 4.77 Å². The van der Waals surface area contributed by atoms with E-state index in [2.05, 4.69) is 51.2 Å². The molecule has 0 spiro atoms. The second kappa shape index (κ2) is 7.42. The van der Waals surface area contributed by atoms with E-state index < -0.39 is 0 Å². The van der Waals surface area contributed by atoms with E-state index in [1.54, 1.807) is 0 Å². The lowest BCUT2D eigenvalue weighted by molar-refractivity contribution is 0.764. The first-order valence-corrected chi connectivity index (χ1v) is 8.73. The van der Waals surface area contributed by atoms with Crippen LogP contribution in [0.2, 0.25) is 0 Å². The van der Waals surface area contributed by atoms with Gasteiger partial charge in [-0.2, -0.15) is 16.9 Å². The Balaban J connectivity index is 1.64. The van der Waals surface area contributed by atoms with Crippen LogP contribution in [0.1, 0.15) is 5.56 Å². The molecule has 22 heavy (non-hydrogen) atoms. The van der Waals surface area contributed by atoms with Gasteiger partial charge in [-0.15, -0.1) is 0 Å². The quantitative estimate of drug-likeness (QED) is 0.533. The fraction of sp³-hybridized carbons (Fsp3) is 0.176. The number of nitrogens with one attached hydrogen (secondary N) is 1. The smallest absolute Gasteiger partial charge is 0.195 e. The van der Waals surface area contributed by atoms with E-state index in [0.717, 1.165) is 29.4 Å².